The van der Waals surface area contributed by atoms with Crippen molar-refractivity contribution in [1.82, 2.24) is 25.6 Å². The number of aromatic nitrogens is 3. The number of piperidine rings is 1. The van der Waals surface area contributed by atoms with E-state index in [0.29, 0.717) is 54.1 Å². The van der Waals surface area contributed by atoms with Crippen molar-refractivity contribution in [1.29, 1.82) is 0 Å². The second-order valence-electron chi connectivity index (χ2n) is 8.77. The van der Waals surface area contributed by atoms with Crippen molar-refractivity contribution in [2.24, 2.45) is 0 Å². The lowest BCUT2D eigenvalue weighted by molar-refractivity contribution is -0.123. The number of halogens is 1. The van der Waals surface area contributed by atoms with Crippen LogP contribution < -0.4 is 16.0 Å². The van der Waals surface area contributed by atoms with Gasteiger partial charge in [-0.15, -0.1) is 11.3 Å². The summed E-state index contributed by atoms with van der Waals surface area (Å²) in [6.07, 6.45) is 2.69. The molecule has 0 radical (unpaired) electrons. The molecule has 0 saturated carbocycles. The van der Waals surface area contributed by atoms with Crippen molar-refractivity contribution in [3.05, 3.63) is 58.6 Å². The van der Waals surface area contributed by atoms with Crippen LogP contribution in [0.2, 0.25) is 0 Å². The molecule has 1 spiro atoms. The largest absolute Gasteiger partial charge is 0.355 e. The van der Waals surface area contributed by atoms with E-state index >= 15 is 0 Å². The fourth-order valence-electron chi connectivity index (χ4n) is 4.89. The van der Waals surface area contributed by atoms with E-state index in [1.165, 1.54) is 17.4 Å². The van der Waals surface area contributed by atoms with Crippen LogP contribution in [0.5, 0.6) is 0 Å². The predicted octanol–water partition coefficient (Wildman–Crippen LogP) is 3.77. The monoisotopic (exact) mass is 476 g/mol. The van der Waals surface area contributed by atoms with Crippen LogP contribution >= 0.6 is 11.3 Å². The van der Waals surface area contributed by atoms with Gasteiger partial charge in [0.25, 0.3) is 5.91 Å². The molecule has 0 unspecified atom stereocenters. The van der Waals surface area contributed by atoms with Crippen LogP contribution in [0, 0.1) is 12.7 Å². The van der Waals surface area contributed by atoms with Gasteiger partial charge >= 0.3 is 0 Å². The van der Waals surface area contributed by atoms with Crippen molar-refractivity contribution in [2.75, 3.05) is 18.4 Å². The van der Waals surface area contributed by atoms with Crippen molar-refractivity contribution in [2.45, 2.75) is 25.2 Å². The molecule has 1 saturated heterocycles. The zero-order chi connectivity index (χ0) is 23.4. The quantitative estimate of drug-likeness (QED) is 0.360. The van der Waals surface area contributed by atoms with Crippen LogP contribution in [0.15, 0.2) is 36.0 Å². The van der Waals surface area contributed by atoms with Gasteiger partial charge in [0.1, 0.15) is 16.2 Å². The summed E-state index contributed by atoms with van der Waals surface area (Å²) in [6, 6.07) is 6.68. The van der Waals surface area contributed by atoms with Crippen molar-refractivity contribution < 1.29 is 14.0 Å². The Kier molecular flexibility index (Phi) is 4.66. The summed E-state index contributed by atoms with van der Waals surface area (Å²) < 4.78 is 14.4. The number of carbonyl (C=O) groups excluding carboxylic acids is 2. The van der Waals surface area contributed by atoms with Crippen LogP contribution in [0.3, 0.4) is 0 Å². The number of nitrogens with one attached hydrogen (secondary N) is 4. The van der Waals surface area contributed by atoms with Crippen LogP contribution in [-0.2, 0) is 10.2 Å². The van der Waals surface area contributed by atoms with Gasteiger partial charge in [-0.2, -0.15) is 0 Å². The van der Waals surface area contributed by atoms with Crippen LogP contribution in [0.1, 0.15) is 34.5 Å². The Balaban J connectivity index is 1.61. The Morgan fingerprint density at radius 3 is 2.82 bits per heavy atom. The molecule has 3 aromatic heterocycles. The van der Waals surface area contributed by atoms with Gasteiger partial charge in [0.15, 0.2) is 0 Å². The molecule has 1 fully saturated rings. The van der Waals surface area contributed by atoms with Crippen molar-refractivity contribution in [3.63, 3.8) is 0 Å². The zero-order valence-electron chi connectivity index (χ0n) is 18.3. The van der Waals surface area contributed by atoms with E-state index in [2.05, 4.69) is 30.9 Å². The van der Waals surface area contributed by atoms with E-state index in [1.807, 2.05) is 6.07 Å². The third-order valence-corrected chi connectivity index (χ3v) is 7.57. The van der Waals surface area contributed by atoms with Gasteiger partial charge < -0.3 is 20.9 Å². The minimum atomic E-state index is -0.461. The number of carbonyl (C=O) groups is 2. The minimum absolute atomic E-state index is 0.00269. The van der Waals surface area contributed by atoms with E-state index in [4.69, 9.17) is 0 Å². The molecule has 1 aromatic carbocycles. The molecule has 2 aliphatic heterocycles. The lowest BCUT2D eigenvalue weighted by Crippen LogP contribution is -2.55. The zero-order valence-corrected chi connectivity index (χ0v) is 19.1. The molecule has 0 aliphatic carbocycles. The van der Waals surface area contributed by atoms with E-state index in [0.717, 1.165) is 21.6 Å². The number of anilines is 2. The Morgan fingerprint density at radius 1 is 1.15 bits per heavy atom. The third kappa shape index (κ3) is 3.09. The van der Waals surface area contributed by atoms with Gasteiger partial charge in [-0.05, 0) is 31.5 Å². The summed E-state index contributed by atoms with van der Waals surface area (Å²) in [4.78, 5) is 38.4. The number of amides is 2. The summed E-state index contributed by atoms with van der Waals surface area (Å²) in [6.45, 7) is 2.53. The topological polar surface area (TPSA) is 112 Å². The Labute approximate surface area is 198 Å². The third-order valence-electron chi connectivity index (χ3n) is 6.83. The lowest BCUT2D eigenvalue weighted by Gasteiger charge is -2.40. The molecule has 10 heteroatoms. The van der Waals surface area contributed by atoms with Gasteiger partial charge in [0, 0.05) is 53.6 Å². The highest BCUT2D eigenvalue weighted by Crippen LogP contribution is 2.45. The Morgan fingerprint density at radius 2 is 2.00 bits per heavy atom. The number of fused-ring (bicyclic) bond motifs is 3. The van der Waals surface area contributed by atoms with Gasteiger partial charge in [-0.25, -0.2) is 14.4 Å². The second kappa shape index (κ2) is 7.63. The highest BCUT2D eigenvalue weighted by molar-refractivity contribution is 7.16. The van der Waals surface area contributed by atoms with E-state index in [9.17, 15) is 14.0 Å². The lowest BCUT2D eigenvalue weighted by atomic mass is 9.74. The van der Waals surface area contributed by atoms with Gasteiger partial charge in [-0.3, -0.25) is 9.59 Å². The summed E-state index contributed by atoms with van der Waals surface area (Å²) in [7, 11) is 0. The molecular weight excluding hydrogens is 455 g/mol. The molecule has 4 aromatic rings. The number of H-pyrrole nitrogens is 1. The van der Waals surface area contributed by atoms with Gasteiger partial charge in [0.05, 0.1) is 22.5 Å². The molecule has 5 heterocycles. The smallest absolute Gasteiger partial charge is 0.255 e. The number of nitrogens with zero attached hydrogens (tertiary/aromatic N) is 2. The van der Waals surface area contributed by atoms with E-state index in [1.54, 1.807) is 30.8 Å². The standard InChI is InChI=1S/C24H21FN6O2S/c1-12-14(25)3-2-4-15(12)30-20-17-21(24(10-28-22(17)33)7-5-16(32)27-9-24)31-18(20)13-6-8-26-23-19(13)29-11-34-23/h2-4,6,8,11,30-31H,5,7,9-10H2,1H3,(H,27,32)(H,28,33)/t24-/m0/s1. The molecule has 172 valence electrons. The second-order valence-corrected chi connectivity index (χ2v) is 9.60. The average Bonchev–Trinajstić information content (AvgIpc) is 3.47. The first-order valence-electron chi connectivity index (χ1n) is 11.0. The van der Waals surface area contributed by atoms with Crippen molar-refractivity contribution >= 4 is 44.9 Å². The first-order valence-corrected chi connectivity index (χ1v) is 11.9. The highest BCUT2D eigenvalue weighted by Gasteiger charge is 2.45. The Hall–Kier alpha value is -3.79. The fraction of sp³-hybridized carbons (Fsp3) is 0.250. The van der Waals surface area contributed by atoms with Gasteiger partial charge in [-0.1, -0.05) is 6.07 Å². The van der Waals surface area contributed by atoms with E-state index < -0.39 is 5.41 Å². The van der Waals surface area contributed by atoms with Crippen molar-refractivity contribution in [3.8, 4) is 11.3 Å². The van der Waals surface area contributed by atoms with E-state index in [-0.39, 0.29) is 17.6 Å². The molecule has 4 N–H and O–H groups in total. The van der Waals surface area contributed by atoms with Gasteiger partial charge in [0.2, 0.25) is 5.91 Å². The first kappa shape index (κ1) is 20.8. The maximum absolute atomic E-state index is 14.4. The summed E-state index contributed by atoms with van der Waals surface area (Å²) in [5.74, 6) is -0.555. The molecular formula is C24H21FN6O2S. The predicted molar refractivity (Wildman–Crippen MR) is 128 cm³/mol. The minimum Gasteiger partial charge on any atom is -0.355 e. The number of pyridine rings is 1. The normalized spacial score (nSPS) is 19.7. The molecule has 8 nitrogen and oxygen atoms in total. The SMILES string of the molecule is Cc1c(F)cccc1Nc1c(-c2ccnc3scnc23)[nH]c2c1C(=O)NC[C@@]21CCC(=O)NC1. The number of thiazole rings is 1. The summed E-state index contributed by atoms with van der Waals surface area (Å²) in [5, 5.41) is 9.31. The van der Waals surface area contributed by atoms with Crippen LogP contribution in [0.25, 0.3) is 21.6 Å². The average molecular weight is 477 g/mol. The van der Waals surface area contributed by atoms with Crippen LogP contribution in [0.4, 0.5) is 15.8 Å². The highest BCUT2D eigenvalue weighted by atomic mass is 32.1. The maximum atomic E-state index is 14.4. The molecule has 2 amide bonds. The summed E-state index contributed by atoms with van der Waals surface area (Å²) >= 11 is 1.43. The molecule has 34 heavy (non-hydrogen) atoms. The summed E-state index contributed by atoms with van der Waals surface area (Å²) in [5.41, 5.74) is 6.28. The number of hydrogen-bond acceptors (Lipinski definition) is 6. The molecule has 6 rings (SSSR count). The number of rotatable bonds is 3. The molecule has 1 atom stereocenters. The first-order chi connectivity index (χ1) is 16.5. The number of benzene rings is 1. The number of aromatic amines is 1. The molecule has 2 aliphatic rings. The fourth-order valence-corrected chi connectivity index (χ4v) is 5.55. The Bertz CT molecular complexity index is 1470. The van der Waals surface area contributed by atoms with Crippen LogP contribution in [-0.4, -0.2) is 39.9 Å². The number of hydrogen-bond donors (Lipinski definition) is 4. The molecule has 0 bridgehead atoms. The maximum Gasteiger partial charge on any atom is 0.255 e.